The Bertz CT molecular complexity index is 1250. The van der Waals surface area contributed by atoms with Gasteiger partial charge in [-0.25, -0.2) is 8.78 Å². The number of para-hydroxylation sites is 1. The molecule has 1 aliphatic heterocycles. The zero-order chi connectivity index (χ0) is 23.7. The lowest BCUT2D eigenvalue weighted by molar-refractivity contribution is -0.139. The number of carbonyl (C=O) groups is 3. The van der Waals surface area contributed by atoms with Crippen molar-refractivity contribution in [3.8, 4) is 0 Å². The van der Waals surface area contributed by atoms with E-state index in [4.69, 9.17) is 17.3 Å². The molecular formula is C22H20ClF2N5O3. The van der Waals surface area contributed by atoms with Crippen LogP contribution in [-0.4, -0.2) is 51.2 Å². The van der Waals surface area contributed by atoms with E-state index in [9.17, 15) is 23.2 Å². The maximum absolute atomic E-state index is 14.2. The number of primary amides is 1. The zero-order valence-corrected chi connectivity index (χ0v) is 18.1. The Morgan fingerprint density at radius 1 is 1.18 bits per heavy atom. The summed E-state index contributed by atoms with van der Waals surface area (Å²) >= 11 is 5.75. The number of halogens is 3. The maximum Gasteiger partial charge on any atom is 0.269 e. The number of fused-ring (bicyclic) bond motifs is 1. The monoisotopic (exact) mass is 475 g/mol. The van der Waals surface area contributed by atoms with E-state index in [1.807, 2.05) is 0 Å². The van der Waals surface area contributed by atoms with Crippen LogP contribution in [0.5, 0.6) is 0 Å². The molecule has 2 aromatic carbocycles. The van der Waals surface area contributed by atoms with Crippen LogP contribution in [0.4, 0.5) is 8.78 Å². The molecule has 0 aliphatic carbocycles. The molecule has 33 heavy (non-hydrogen) atoms. The molecule has 0 spiro atoms. The van der Waals surface area contributed by atoms with Gasteiger partial charge < -0.3 is 16.0 Å². The minimum absolute atomic E-state index is 0.0148. The number of amides is 3. The number of aromatic nitrogens is 2. The summed E-state index contributed by atoms with van der Waals surface area (Å²) in [5, 5.41) is 7.08. The molecule has 8 nitrogen and oxygen atoms in total. The summed E-state index contributed by atoms with van der Waals surface area (Å²) in [7, 11) is 0. The number of hydrogen-bond donors (Lipinski definition) is 2. The van der Waals surface area contributed by atoms with Crippen LogP contribution in [-0.2, 0) is 22.7 Å². The summed E-state index contributed by atoms with van der Waals surface area (Å²) in [6, 6.07) is 10.1. The third kappa shape index (κ3) is 4.51. The molecule has 0 bridgehead atoms. The number of benzene rings is 2. The molecule has 1 aliphatic rings. The second-order valence-corrected chi connectivity index (χ2v) is 8.12. The standard InChI is InChI=1S/C22H20ClF2N5O3/c23-15-6-3-4-12(19(15)25)9-27-22(33)17-8-13(24)10-29(17)18(31)11-30-16-7-2-1-5-14(16)20(28-30)21(26)32/h1-7,13,17H,8-11H2,(H2,26,32)(H,27,33)/t13-,17+/m1/s1. The third-order valence-electron chi connectivity index (χ3n) is 5.53. The summed E-state index contributed by atoms with van der Waals surface area (Å²) in [6.07, 6.45) is -1.56. The summed E-state index contributed by atoms with van der Waals surface area (Å²) in [5.41, 5.74) is 6.07. The molecule has 3 N–H and O–H groups in total. The van der Waals surface area contributed by atoms with Crippen molar-refractivity contribution in [2.45, 2.75) is 31.7 Å². The van der Waals surface area contributed by atoms with Gasteiger partial charge in [-0.2, -0.15) is 5.10 Å². The number of nitrogens with two attached hydrogens (primary N) is 1. The first-order chi connectivity index (χ1) is 15.8. The fraction of sp³-hybridized carbons (Fsp3) is 0.273. The average Bonchev–Trinajstić information content (AvgIpc) is 3.36. The lowest BCUT2D eigenvalue weighted by atomic mass is 10.1. The molecule has 2 atom stereocenters. The Hall–Kier alpha value is -3.53. The Morgan fingerprint density at radius 3 is 2.70 bits per heavy atom. The van der Waals surface area contributed by atoms with Crippen LogP contribution in [0.15, 0.2) is 42.5 Å². The molecule has 0 unspecified atom stereocenters. The van der Waals surface area contributed by atoms with E-state index >= 15 is 0 Å². The van der Waals surface area contributed by atoms with Crippen LogP contribution in [0, 0.1) is 5.82 Å². The molecule has 0 radical (unpaired) electrons. The molecule has 172 valence electrons. The number of carbonyl (C=O) groups excluding carboxylic acids is 3. The van der Waals surface area contributed by atoms with Gasteiger partial charge in [0, 0.05) is 23.9 Å². The zero-order valence-electron chi connectivity index (χ0n) is 17.3. The summed E-state index contributed by atoms with van der Waals surface area (Å²) in [5.74, 6) is -2.55. The summed E-state index contributed by atoms with van der Waals surface area (Å²) in [4.78, 5) is 38.6. The van der Waals surface area contributed by atoms with Crippen LogP contribution in [0.2, 0.25) is 5.02 Å². The molecule has 11 heteroatoms. The molecular weight excluding hydrogens is 456 g/mol. The Kier molecular flexibility index (Phi) is 6.28. The van der Waals surface area contributed by atoms with Crippen LogP contribution < -0.4 is 11.1 Å². The highest BCUT2D eigenvalue weighted by atomic mass is 35.5. The highest BCUT2D eigenvalue weighted by molar-refractivity contribution is 6.30. The first-order valence-electron chi connectivity index (χ1n) is 10.2. The van der Waals surface area contributed by atoms with Gasteiger partial charge in [0.2, 0.25) is 11.8 Å². The largest absolute Gasteiger partial charge is 0.364 e. The predicted molar refractivity (Wildman–Crippen MR) is 117 cm³/mol. The van der Waals surface area contributed by atoms with Gasteiger partial charge in [-0.1, -0.05) is 41.9 Å². The quantitative estimate of drug-likeness (QED) is 0.569. The summed E-state index contributed by atoms with van der Waals surface area (Å²) < 4.78 is 29.6. The van der Waals surface area contributed by atoms with Crippen molar-refractivity contribution in [2.75, 3.05) is 6.54 Å². The molecule has 2 heterocycles. The highest BCUT2D eigenvalue weighted by Crippen LogP contribution is 2.24. The van der Waals surface area contributed by atoms with Gasteiger partial charge >= 0.3 is 0 Å². The highest BCUT2D eigenvalue weighted by Gasteiger charge is 2.40. The molecule has 3 amide bonds. The third-order valence-corrected chi connectivity index (χ3v) is 5.83. The lowest BCUT2D eigenvalue weighted by Gasteiger charge is -2.23. The van der Waals surface area contributed by atoms with Gasteiger partial charge in [0.15, 0.2) is 5.69 Å². The van der Waals surface area contributed by atoms with E-state index in [1.165, 1.54) is 16.8 Å². The fourth-order valence-electron chi connectivity index (χ4n) is 3.94. The average molecular weight is 476 g/mol. The first-order valence-corrected chi connectivity index (χ1v) is 10.5. The van der Waals surface area contributed by atoms with E-state index in [0.717, 1.165) is 4.90 Å². The number of nitrogens with zero attached hydrogens (tertiary/aromatic N) is 3. The summed E-state index contributed by atoms with van der Waals surface area (Å²) in [6.45, 7) is -0.732. The Labute approximate surface area is 192 Å². The topological polar surface area (TPSA) is 110 Å². The maximum atomic E-state index is 14.2. The lowest BCUT2D eigenvalue weighted by Crippen LogP contribution is -2.46. The van der Waals surface area contributed by atoms with Crippen LogP contribution in [0.25, 0.3) is 10.9 Å². The minimum atomic E-state index is -1.39. The number of alkyl halides is 1. The van der Waals surface area contributed by atoms with Crippen molar-refractivity contribution in [3.63, 3.8) is 0 Å². The second kappa shape index (κ2) is 9.14. The van der Waals surface area contributed by atoms with Crippen LogP contribution in [0.3, 0.4) is 0 Å². The number of nitrogens with one attached hydrogen (secondary N) is 1. The number of likely N-dealkylation sites (tertiary alicyclic amines) is 1. The molecule has 1 aromatic heterocycles. The molecule has 3 aromatic rings. The molecule has 1 saturated heterocycles. The van der Waals surface area contributed by atoms with Crippen molar-refractivity contribution in [1.82, 2.24) is 20.0 Å². The number of hydrogen-bond acceptors (Lipinski definition) is 4. The minimum Gasteiger partial charge on any atom is -0.364 e. The Morgan fingerprint density at radius 2 is 1.94 bits per heavy atom. The smallest absolute Gasteiger partial charge is 0.269 e. The van der Waals surface area contributed by atoms with E-state index < -0.39 is 35.8 Å². The normalized spacial score (nSPS) is 18.0. The predicted octanol–water partition coefficient (Wildman–Crippen LogP) is 2.18. The van der Waals surface area contributed by atoms with Gasteiger partial charge in [0.1, 0.15) is 24.6 Å². The van der Waals surface area contributed by atoms with Gasteiger partial charge in [0.05, 0.1) is 17.1 Å². The van der Waals surface area contributed by atoms with Crippen molar-refractivity contribution in [3.05, 3.63) is 64.6 Å². The van der Waals surface area contributed by atoms with E-state index in [0.29, 0.717) is 10.9 Å². The molecule has 1 fully saturated rings. The van der Waals surface area contributed by atoms with Gasteiger partial charge in [-0.3, -0.25) is 19.1 Å². The van der Waals surface area contributed by atoms with Crippen LogP contribution >= 0.6 is 11.6 Å². The number of rotatable bonds is 6. The van der Waals surface area contributed by atoms with Crippen LogP contribution in [0.1, 0.15) is 22.5 Å². The molecule has 4 rings (SSSR count). The van der Waals surface area contributed by atoms with Crippen molar-refractivity contribution >= 4 is 40.2 Å². The van der Waals surface area contributed by atoms with E-state index in [-0.39, 0.29) is 42.3 Å². The van der Waals surface area contributed by atoms with Gasteiger partial charge in [-0.05, 0) is 12.1 Å². The first kappa shape index (κ1) is 22.7. The van der Waals surface area contributed by atoms with E-state index in [1.54, 1.807) is 30.3 Å². The molecule has 0 saturated carbocycles. The van der Waals surface area contributed by atoms with Gasteiger partial charge in [-0.15, -0.1) is 0 Å². The fourth-order valence-corrected chi connectivity index (χ4v) is 4.14. The SMILES string of the molecule is NC(=O)c1nn(CC(=O)N2C[C@H](F)C[C@H]2C(=O)NCc2cccc(Cl)c2F)c2ccccc12. The van der Waals surface area contributed by atoms with Crippen molar-refractivity contribution in [1.29, 1.82) is 0 Å². The Balaban J connectivity index is 1.50. The van der Waals surface area contributed by atoms with E-state index in [2.05, 4.69) is 10.4 Å². The second-order valence-electron chi connectivity index (χ2n) is 7.71. The van der Waals surface area contributed by atoms with Crippen molar-refractivity contribution in [2.24, 2.45) is 5.73 Å². The van der Waals surface area contributed by atoms with Gasteiger partial charge in [0.25, 0.3) is 5.91 Å². The van der Waals surface area contributed by atoms with Crippen molar-refractivity contribution < 1.29 is 23.2 Å².